The Morgan fingerprint density at radius 2 is 2.07 bits per heavy atom. The Kier molecular flexibility index (Phi) is 3.04. The molecule has 0 saturated carbocycles. The lowest BCUT2D eigenvalue weighted by Gasteiger charge is -2.22. The average Bonchev–Trinajstić information content (AvgIpc) is 2.19. The molecule has 2 nitrogen and oxygen atoms in total. The summed E-state index contributed by atoms with van der Waals surface area (Å²) in [5, 5.41) is 12.7. The van der Waals surface area contributed by atoms with Crippen molar-refractivity contribution in [1.29, 1.82) is 0 Å². The van der Waals surface area contributed by atoms with Crippen molar-refractivity contribution in [2.24, 2.45) is 5.92 Å². The molecule has 2 N–H and O–H groups in total. The van der Waals surface area contributed by atoms with Crippen LogP contribution < -0.4 is 5.32 Å². The molecule has 0 bridgehead atoms. The summed E-state index contributed by atoms with van der Waals surface area (Å²) in [4.78, 5) is 0. The van der Waals surface area contributed by atoms with Crippen molar-refractivity contribution < 1.29 is 5.11 Å². The second-order valence-electron chi connectivity index (χ2n) is 4.07. The standard InChI is InChI=1S/C12H17NO/c14-12-3-1-2-11(9-12)8-10-4-6-13-7-5-10/h1-3,9-10,13-14H,4-8H2. The molecule has 2 heteroatoms. The van der Waals surface area contributed by atoms with Gasteiger partial charge in [-0.2, -0.15) is 0 Å². The molecule has 1 aliphatic heterocycles. The lowest BCUT2D eigenvalue weighted by molar-refractivity contribution is 0.372. The van der Waals surface area contributed by atoms with Gasteiger partial charge in [-0.05, 0) is 56.0 Å². The monoisotopic (exact) mass is 191 g/mol. The van der Waals surface area contributed by atoms with Crippen molar-refractivity contribution in [1.82, 2.24) is 5.32 Å². The van der Waals surface area contributed by atoms with E-state index in [0.717, 1.165) is 25.4 Å². The molecule has 1 saturated heterocycles. The lowest BCUT2D eigenvalue weighted by Crippen LogP contribution is -2.28. The fourth-order valence-corrected chi connectivity index (χ4v) is 2.10. The van der Waals surface area contributed by atoms with E-state index in [1.165, 1.54) is 18.4 Å². The first-order chi connectivity index (χ1) is 6.84. The third kappa shape index (κ3) is 2.48. The van der Waals surface area contributed by atoms with Gasteiger partial charge in [0.25, 0.3) is 0 Å². The van der Waals surface area contributed by atoms with Crippen LogP contribution >= 0.6 is 0 Å². The van der Waals surface area contributed by atoms with Gasteiger partial charge < -0.3 is 10.4 Å². The number of phenolic OH excluding ortho intramolecular Hbond substituents is 1. The van der Waals surface area contributed by atoms with E-state index in [4.69, 9.17) is 0 Å². The summed E-state index contributed by atoms with van der Waals surface area (Å²) in [5.74, 6) is 1.18. The summed E-state index contributed by atoms with van der Waals surface area (Å²) in [6.45, 7) is 2.28. The normalized spacial score (nSPS) is 18.3. The summed E-state index contributed by atoms with van der Waals surface area (Å²) in [6.07, 6.45) is 3.63. The minimum absolute atomic E-state index is 0.386. The number of nitrogens with one attached hydrogen (secondary N) is 1. The molecule has 14 heavy (non-hydrogen) atoms. The zero-order chi connectivity index (χ0) is 9.80. The van der Waals surface area contributed by atoms with Crippen LogP contribution in [0.3, 0.4) is 0 Å². The lowest BCUT2D eigenvalue weighted by atomic mass is 9.91. The van der Waals surface area contributed by atoms with Gasteiger partial charge in [-0.1, -0.05) is 12.1 Å². The summed E-state index contributed by atoms with van der Waals surface area (Å²) in [6, 6.07) is 7.63. The van der Waals surface area contributed by atoms with Crippen molar-refractivity contribution in [2.75, 3.05) is 13.1 Å². The topological polar surface area (TPSA) is 32.3 Å². The van der Waals surface area contributed by atoms with Crippen LogP contribution in [0, 0.1) is 5.92 Å². The van der Waals surface area contributed by atoms with Crippen molar-refractivity contribution in [3.05, 3.63) is 29.8 Å². The fraction of sp³-hybridized carbons (Fsp3) is 0.500. The van der Waals surface area contributed by atoms with Gasteiger partial charge in [-0.15, -0.1) is 0 Å². The zero-order valence-corrected chi connectivity index (χ0v) is 8.37. The van der Waals surface area contributed by atoms with Gasteiger partial charge >= 0.3 is 0 Å². The SMILES string of the molecule is Oc1cccc(CC2CCNCC2)c1. The summed E-state index contributed by atoms with van der Waals surface area (Å²) in [5.41, 5.74) is 1.26. The highest BCUT2D eigenvalue weighted by atomic mass is 16.3. The third-order valence-electron chi connectivity index (χ3n) is 2.89. The first-order valence-corrected chi connectivity index (χ1v) is 5.33. The highest BCUT2D eigenvalue weighted by Gasteiger charge is 2.13. The van der Waals surface area contributed by atoms with Crippen molar-refractivity contribution >= 4 is 0 Å². The first kappa shape index (κ1) is 9.53. The van der Waals surface area contributed by atoms with Gasteiger partial charge in [0.1, 0.15) is 5.75 Å². The molecule has 76 valence electrons. The highest BCUT2D eigenvalue weighted by Crippen LogP contribution is 2.20. The van der Waals surface area contributed by atoms with Crippen LogP contribution in [-0.2, 0) is 6.42 Å². The largest absolute Gasteiger partial charge is 0.508 e. The molecular formula is C12H17NO. The van der Waals surface area contributed by atoms with E-state index < -0.39 is 0 Å². The minimum Gasteiger partial charge on any atom is -0.508 e. The van der Waals surface area contributed by atoms with E-state index in [9.17, 15) is 5.11 Å². The van der Waals surface area contributed by atoms with Gasteiger partial charge in [0.15, 0.2) is 0 Å². The zero-order valence-electron chi connectivity index (χ0n) is 8.37. The smallest absolute Gasteiger partial charge is 0.115 e. The Hall–Kier alpha value is -1.02. The van der Waals surface area contributed by atoms with E-state index in [1.807, 2.05) is 12.1 Å². The Bertz CT molecular complexity index is 292. The molecule has 0 atom stereocenters. The molecule has 1 aromatic carbocycles. The van der Waals surface area contributed by atoms with Crippen LogP contribution in [0.2, 0.25) is 0 Å². The van der Waals surface area contributed by atoms with E-state index in [0.29, 0.717) is 5.75 Å². The molecule has 1 aromatic rings. The van der Waals surface area contributed by atoms with Crippen LogP contribution in [0.4, 0.5) is 0 Å². The molecule has 0 aromatic heterocycles. The quantitative estimate of drug-likeness (QED) is 0.748. The molecule has 0 unspecified atom stereocenters. The molecule has 1 heterocycles. The number of phenols is 1. The number of hydrogen-bond acceptors (Lipinski definition) is 2. The Labute approximate surface area is 85.0 Å². The molecule has 2 rings (SSSR count). The van der Waals surface area contributed by atoms with Crippen LogP contribution in [0.25, 0.3) is 0 Å². The highest BCUT2D eigenvalue weighted by molar-refractivity contribution is 5.27. The van der Waals surface area contributed by atoms with E-state index in [1.54, 1.807) is 6.07 Å². The van der Waals surface area contributed by atoms with E-state index in [-0.39, 0.29) is 0 Å². The van der Waals surface area contributed by atoms with Crippen molar-refractivity contribution in [3.63, 3.8) is 0 Å². The number of hydrogen-bond donors (Lipinski definition) is 2. The number of aromatic hydroxyl groups is 1. The number of piperidine rings is 1. The molecule has 1 aliphatic rings. The summed E-state index contributed by atoms with van der Waals surface area (Å²) >= 11 is 0. The number of rotatable bonds is 2. The average molecular weight is 191 g/mol. The summed E-state index contributed by atoms with van der Waals surface area (Å²) in [7, 11) is 0. The maximum absolute atomic E-state index is 9.33. The molecule has 0 spiro atoms. The van der Waals surface area contributed by atoms with Gasteiger partial charge in [-0.3, -0.25) is 0 Å². The molecule has 0 radical (unpaired) electrons. The predicted molar refractivity (Wildman–Crippen MR) is 57.4 cm³/mol. The molecule has 1 fully saturated rings. The Morgan fingerprint density at radius 3 is 2.79 bits per heavy atom. The maximum atomic E-state index is 9.33. The van der Waals surface area contributed by atoms with Gasteiger partial charge in [0.05, 0.1) is 0 Å². The molecule has 0 amide bonds. The van der Waals surface area contributed by atoms with Gasteiger partial charge in [0, 0.05) is 0 Å². The van der Waals surface area contributed by atoms with Crippen molar-refractivity contribution in [2.45, 2.75) is 19.3 Å². The second-order valence-corrected chi connectivity index (χ2v) is 4.07. The first-order valence-electron chi connectivity index (χ1n) is 5.33. The summed E-state index contributed by atoms with van der Waals surface area (Å²) < 4.78 is 0. The predicted octanol–water partition coefficient (Wildman–Crippen LogP) is 1.93. The molecule has 0 aliphatic carbocycles. The number of benzene rings is 1. The van der Waals surface area contributed by atoms with Crippen LogP contribution in [0.15, 0.2) is 24.3 Å². The third-order valence-corrected chi connectivity index (χ3v) is 2.89. The molecular weight excluding hydrogens is 174 g/mol. The second kappa shape index (κ2) is 4.47. The van der Waals surface area contributed by atoms with E-state index >= 15 is 0 Å². The van der Waals surface area contributed by atoms with Crippen LogP contribution in [0.1, 0.15) is 18.4 Å². The van der Waals surface area contributed by atoms with Crippen molar-refractivity contribution in [3.8, 4) is 5.75 Å². The fourth-order valence-electron chi connectivity index (χ4n) is 2.10. The maximum Gasteiger partial charge on any atom is 0.115 e. The Balaban J connectivity index is 1.95. The Morgan fingerprint density at radius 1 is 1.29 bits per heavy atom. The minimum atomic E-state index is 0.386. The van der Waals surface area contributed by atoms with E-state index in [2.05, 4.69) is 11.4 Å². The van der Waals surface area contributed by atoms with Crippen LogP contribution in [0.5, 0.6) is 5.75 Å². The van der Waals surface area contributed by atoms with Gasteiger partial charge in [0.2, 0.25) is 0 Å². The van der Waals surface area contributed by atoms with Crippen LogP contribution in [-0.4, -0.2) is 18.2 Å². The van der Waals surface area contributed by atoms with Gasteiger partial charge in [-0.25, -0.2) is 0 Å².